The Hall–Kier alpha value is -3.66. The SMILES string of the molecule is COC(=O)N1CCN(c2ccc(C(=O)N3CCCNCC3)cc2NC(=O)c2ccc(F)cc2)CC1. The van der Waals surface area contributed by atoms with Gasteiger partial charge in [0, 0.05) is 56.9 Å². The smallest absolute Gasteiger partial charge is 0.409 e. The van der Waals surface area contributed by atoms with Crippen molar-refractivity contribution in [2.24, 2.45) is 0 Å². The van der Waals surface area contributed by atoms with Crippen molar-refractivity contribution in [2.45, 2.75) is 6.42 Å². The highest BCUT2D eigenvalue weighted by molar-refractivity contribution is 6.07. The predicted molar refractivity (Wildman–Crippen MR) is 130 cm³/mol. The van der Waals surface area contributed by atoms with Gasteiger partial charge in [0.2, 0.25) is 0 Å². The molecule has 0 radical (unpaired) electrons. The third-order valence-electron chi connectivity index (χ3n) is 6.28. The molecule has 2 aliphatic heterocycles. The third kappa shape index (κ3) is 5.89. The molecule has 2 N–H and O–H groups in total. The van der Waals surface area contributed by atoms with Crippen LogP contribution in [0, 0.1) is 5.82 Å². The van der Waals surface area contributed by atoms with E-state index in [1.54, 1.807) is 17.0 Å². The zero-order valence-electron chi connectivity index (χ0n) is 19.8. The molecule has 10 heteroatoms. The number of anilines is 2. The molecule has 35 heavy (non-hydrogen) atoms. The molecule has 2 fully saturated rings. The first kappa shape index (κ1) is 24.5. The molecule has 2 aliphatic rings. The molecule has 0 saturated carbocycles. The predicted octanol–water partition coefficient (Wildman–Crippen LogP) is 2.40. The van der Waals surface area contributed by atoms with E-state index in [2.05, 4.69) is 15.5 Å². The van der Waals surface area contributed by atoms with Crippen molar-refractivity contribution in [3.05, 3.63) is 59.4 Å². The highest BCUT2D eigenvalue weighted by atomic mass is 19.1. The Morgan fingerprint density at radius 3 is 2.31 bits per heavy atom. The minimum Gasteiger partial charge on any atom is -0.453 e. The van der Waals surface area contributed by atoms with Crippen LogP contribution in [0.3, 0.4) is 0 Å². The average molecular weight is 484 g/mol. The van der Waals surface area contributed by atoms with Crippen molar-refractivity contribution in [3.8, 4) is 0 Å². The van der Waals surface area contributed by atoms with E-state index in [1.807, 2.05) is 11.0 Å². The lowest BCUT2D eigenvalue weighted by molar-refractivity contribution is 0.0766. The molecule has 2 aromatic carbocycles. The topological polar surface area (TPSA) is 94.2 Å². The second kappa shape index (κ2) is 11.2. The Morgan fingerprint density at radius 1 is 0.886 bits per heavy atom. The van der Waals surface area contributed by atoms with Crippen LogP contribution in [0.1, 0.15) is 27.1 Å². The zero-order valence-corrected chi connectivity index (χ0v) is 19.8. The summed E-state index contributed by atoms with van der Waals surface area (Å²) >= 11 is 0. The fraction of sp³-hybridized carbons (Fsp3) is 0.400. The van der Waals surface area contributed by atoms with Crippen LogP contribution in [0.2, 0.25) is 0 Å². The largest absolute Gasteiger partial charge is 0.453 e. The molecule has 4 rings (SSSR count). The molecule has 0 spiro atoms. The van der Waals surface area contributed by atoms with Crippen molar-refractivity contribution in [3.63, 3.8) is 0 Å². The summed E-state index contributed by atoms with van der Waals surface area (Å²) in [6.07, 6.45) is 0.505. The fourth-order valence-electron chi connectivity index (χ4n) is 4.33. The molecule has 3 amide bonds. The van der Waals surface area contributed by atoms with Crippen LogP contribution >= 0.6 is 0 Å². The summed E-state index contributed by atoms with van der Waals surface area (Å²) < 4.78 is 18.1. The van der Waals surface area contributed by atoms with Crippen LogP contribution < -0.4 is 15.5 Å². The highest BCUT2D eigenvalue weighted by Crippen LogP contribution is 2.30. The molecule has 9 nitrogen and oxygen atoms in total. The summed E-state index contributed by atoms with van der Waals surface area (Å²) in [4.78, 5) is 43.5. The van der Waals surface area contributed by atoms with Gasteiger partial charge in [-0.15, -0.1) is 0 Å². The van der Waals surface area contributed by atoms with Crippen molar-refractivity contribution in [1.82, 2.24) is 15.1 Å². The van der Waals surface area contributed by atoms with Gasteiger partial charge in [-0.3, -0.25) is 9.59 Å². The van der Waals surface area contributed by atoms with Gasteiger partial charge in [0.25, 0.3) is 11.8 Å². The molecule has 0 unspecified atom stereocenters. The number of hydrogen-bond acceptors (Lipinski definition) is 6. The van der Waals surface area contributed by atoms with Gasteiger partial charge in [0.1, 0.15) is 5.82 Å². The number of piperazine rings is 1. The quantitative estimate of drug-likeness (QED) is 0.694. The first-order valence-corrected chi connectivity index (χ1v) is 11.7. The molecule has 186 valence electrons. The summed E-state index contributed by atoms with van der Waals surface area (Å²) in [5, 5.41) is 6.20. The second-order valence-electron chi connectivity index (χ2n) is 8.53. The maximum atomic E-state index is 13.3. The number of amides is 3. The summed E-state index contributed by atoms with van der Waals surface area (Å²) in [5.41, 5.74) is 2.03. The Morgan fingerprint density at radius 2 is 1.60 bits per heavy atom. The monoisotopic (exact) mass is 483 g/mol. The van der Waals surface area contributed by atoms with Crippen LogP contribution in [-0.4, -0.2) is 87.2 Å². The molecular weight excluding hydrogens is 453 g/mol. The van der Waals surface area contributed by atoms with Crippen LogP contribution in [0.15, 0.2) is 42.5 Å². The maximum Gasteiger partial charge on any atom is 0.409 e. The van der Waals surface area contributed by atoms with Gasteiger partial charge in [-0.05, 0) is 55.4 Å². The number of carbonyl (C=O) groups is 3. The van der Waals surface area contributed by atoms with Crippen molar-refractivity contribution >= 4 is 29.3 Å². The lowest BCUT2D eigenvalue weighted by Gasteiger charge is -2.36. The van der Waals surface area contributed by atoms with Gasteiger partial charge in [0.05, 0.1) is 18.5 Å². The van der Waals surface area contributed by atoms with Crippen LogP contribution in [0.4, 0.5) is 20.6 Å². The van der Waals surface area contributed by atoms with E-state index < -0.39 is 11.7 Å². The van der Waals surface area contributed by atoms with Gasteiger partial charge in [-0.1, -0.05) is 0 Å². The molecule has 2 saturated heterocycles. The van der Waals surface area contributed by atoms with E-state index in [4.69, 9.17) is 4.74 Å². The molecule has 0 atom stereocenters. The minimum atomic E-state index is -0.426. The van der Waals surface area contributed by atoms with Crippen LogP contribution in [0.5, 0.6) is 0 Å². The van der Waals surface area contributed by atoms with Crippen LogP contribution in [0.25, 0.3) is 0 Å². The molecule has 2 heterocycles. The van der Waals surface area contributed by atoms with E-state index in [0.29, 0.717) is 56.1 Å². The number of benzene rings is 2. The van der Waals surface area contributed by atoms with E-state index in [0.717, 1.165) is 25.2 Å². The molecule has 0 bridgehead atoms. The summed E-state index contributed by atoms with van der Waals surface area (Å²) in [6, 6.07) is 10.6. The van der Waals surface area contributed by atoms with Gasteiger partial charge in [-0.2, -0.15) is 0 Å². The van der Waals surface area contributed by atoms with Gasteiger partial charge >= 0.3 is 6.09 Å². The van der Waals surface area contributed by atoms with Crippen molar-refractivity contribution in [1.29, 1.82) is 0 Å². The third-order valence-corrected chi connectivity index (χ3v) is 6.28. The summed E-state index contributed by atoms with van der Waals surface area (Å²) in [6.45, 7) is 4.92. The standard InChI is InChI=1S/C25H30FN5O4/c1-35-25(34)31-15-13-29(14-16-31)22-8-5-19(24(33)30-11-2-9-27-10-12-30)17-21(22)28-23(32)18-3-6-20(26)7-4-18/h3-8,17,27H,2,9-16H2,1H3,(H,28,32). The van der Waals surface area contributed by atoms with Gasteiger partial charge in [-0.25, -0.2) is 9.18 Å². The summed E-state index contributed by atoms with van der Waals surface area (Å²) in [7, 11) is 1.36. The number of methoxy groups -OCH3 is 1. The Balaban J connectivity index is 1.59. The second-order valence-corrected chi connectivity index (χ2v) is 8.53. The van der Waals surface area contributed by atoms with Crippen molar-refractivity contribution in [2.75, 3.05) is 69.7 Å². The lowest BCUT2D eigenvalue weighted by atomic mass is 10.1. The minimum absolute atomic E-state index is 0.0898. The summed E-state index contributed by atoms with van der Waals surface area (Å²) in [5.74, 6) is -0.915. The highest BCUT2D eigenvalue weighted by Gasteiger charge is 2.25. The van der Waals surface area contributed by atoms with E-state index >= 15 is 0 Å². The lowest BCUT2D eigenvalue weighted by Crippen LogP contribution is -2.49. The van der Waals surface area contributed by atoms with E-state index in [9.17, 15) is 18.8 Å². The Kier molecular flexibility index (Phi) is 7.81. The number of nitrogens with one attached hydrogen (secondary N) is 2. The molecule has 0 aromatic heterocycles. The number of ether oxygens (including phenoxy) is 1. The zero-order chi connectivity index (χ0) is 24.8. The van der Waals surface area contributed by atoms with E-state index in [-0.39, 0.29) is 12.0 Å². The first-order chi connectivity index (χ1) is 17.0. The number of nitrogens with zero attached hydrogens (tertiary/aromatic N) is 3. The number of rotatable bonds is 4. The fourth-order valence-corrected chi connectivity index (χ4v) is 4.33. The van der Waals surface area contributed by atoms with Gasteiger partial charge in [0.15, 0.2) is 0 Å². The number of hydrogen-bond donors (Lipinski definition) is 2. The van der Waals surface area contributed by atoms with Crippen molar-refractivity contribution < 1.29 is 23.5 Å². The van der Waals surface area contributed by atoms with E-state index in [1.165, 1.54) is 31.4 Å². The average Bonchev–Trinajstić information content (AvgIpc) is 3.18. The molecule has 2 aromatic rings. The molecule has 0 aliphatic carbocycles. The number of halogens is 1. The van der Waals surface area contributed by atoms with Gasteiger partial charge < -0.3 is 30.1 Å². The normalized spacial score (nSPS) is 16.5. The Labute approximate surface area is 203 Å². The maximum absolute atomic E-state index is 13.3. The number of carbonyl (C=O) groups excluding carboxylic acids is 3. The Bertz CT molecular complexity index is 1060. The first-order valence-electron chi connectivity index (χ1n) is 11.7. The van der Waals surface area contributed by atoms with Crippen LogP contribution in [-0.2, 0) is 4.74 Å². The molecular formula is C25H30FN5O4.